The van der Waals surface area contributed by atoms with Crippen molar-refractivity contribution in [2.45, 2.75) is 20.3 Å². The van der Waals surface area contributed by atoms with Gasteiger partial charge in [0.25, 0.3) is 0 Å². The maximum absolute atomic E-state index is 4.30. The number of aromatic nitrogens is 2. The van der Waals surface area contributed by atoms with Crippen molar-refractivity contribution in [2.75, 3.05) is 7.05 Å². The zero-order valence-electron chi connectivity index (χ0n) is 13.5. The van der Waals surface area contributed by atoms with E-state index < -0.39 is 0 Å². The summed E-state index contributed by atoms with van der Waals surface area (Å²) in [7, 11) is 1.93. The van der Waals surface area contributed by atoms with Gasteiger partial charge in [-0.15, -0.1) is 0 Å². The summed E-state index contributed by atoms with van der Waals surface area (Å²) in [4.78, 5) is 7.50. The van der Waals surface area contributed by atoms with Crippen LogP contribution in [-0.4, -0.2) is 17.0 Å². The van der Waals surface area contributed by atoms with Gasteiger partial charge in [-0.2, -0.15) is 0 Å². The molecule has 3 heteroatoms. The fourth-order valence-corrected chi connectivity index (χ4v) is 2.39. The van der Waals surface area contributed by atoms with Gasteiger partial charge in [0, 0.05) is 30.5 Å². The van der Waals surface area contributed by atoms with Gasteiger partial charge in [-0.1, -0.05) is 24.8 Å². The van der Waals surface area contributed by atoms with Gasteiger partial charge in [0.1, 0.15) is 0 Å². The molecule has 2 N–H and O–H groups in total. The normalized spacial score (nSPS) is 13.5. The molecule has 0 spiro atoms. The number of nitrogens with one attached hydrogen (secondary N) is 2. The number of H-pyrrole nitrogens is 1. The average molecular weight is 293 g/mol. The molecule has 3 nitrogen and oxygen atoms in total. The Morgan fingerprint density at radius 2 is 2.18 bits per heavy atom. The molecule has 2 aromatic rings. The van der Waals surface area contributed by atoms with E-state index in [-0.39, 0.29) is 0 Å². The van der Waals surface area contributed by atoms with E-state index >= 15 is 0 Å². The lowest BCUT2D eigenvalue weighted by molar-refractivity contribution is 0.986. The molecular formula is C19H23N3. The van der Waals surface area contributed by atoms with E-state index in [1.165, 1.54) is 10.9 Å². The molecule has 0 atom stereocenters. The molecule has 2 aromatic heterocycles. The third kappa shape index (κ3) is 3.55. The van der Waals surface area contributed by atoms with Crippen molar-refractivity contribution < 1.29 is 0 Å². The van der Waals surface area contributed by atoms with Crippen molar-refractivity contribution in [3.05, 3.63) is 77.9 Å². The van der Waals surface area contributed by atoms with E-state index in [1.54, 1.807) is 0 Å². The van der Waals surface area contributed by atoms with Crippen molar-refractivity contribution in [3.8, 4) is 0 Å². The minimum absolute atomic E-state index is 0.830. The second kappa shape index (κ2) is 7.46. The largest absolute Gasteiger partial charge is 0.392 e. The smallest absolute Gasteiger partial charge is 0.0643 e. The molecule has 2 rings (SSSR count). The van der Waals surface area contributed by atoms with Gasteiger partial charge in [0.15, 0.2) is 0 Å². The molecule has 0 unspecified atom stereocenters. The summed E-state index contributed by atoms with van der Waals surface area (Å²) in [6.45, 7) is 7.99. The highest BCUT2D eigenvalue weighted by molar-refractivity contribution is 5.82. The number of hydrogen-bond donors (Lipinski definition) is 2. The van der Waals surface area contributed by atoms with Gasteiger partial charge in [0.2, 0.25) is 0 Å². The van der Waals surface area contributed by atoms with Crippen LogP contribution < -0.4 is 5.32 Å². The number of aromatic amines is 1. The second-order valence-electron chi connectivity index (χ2n) is 5.13. The highest BCUT2D eigenvalue weighted by Gasteiger charge is 2.03. The highest BCUT2D eigenvalue weighted by Crippen LogP contribution is 2.20. The second-order valence-corrected chi connectivity index (χ2v) is 5.13. The van der Waals surface area contributed by atoms with Crippen LogP contribution in [-0.2, 0) is 6.42 Å². The Bertz CT molecular complexity index is 745. The van der Waals surface area contributed by atoms with Crippen molar-refractivity contribution in [3.63, 3.8) is 0 Å². The van der Waals surface area contributed by atoms with Gasteiger partial charge in [-0.05, 0) is 49.1 Å². The van der Waals surface area contributed by atoms with Crippen LogP contribution >= 0.6 is 0 Å². The first-order valence-electron chi connectivity index (χ1n) is 7.45. The number of hydrogen-bond acceptors (Lipinski definition) is 2. The molecule has 2 heterocycles. The van der Waals surface area contributed by atoms with E-state index in [0.717, 1.165) is 28.8 Å². The summed E-state index contributed by atoms with van der Waals surface area (Å²) in [5.74, 6) is 0. The third-order valence-corrected chi connectivity index (χ3v) is 3.73. The standard InChI is InChI=1S/C19H23N3/c1-5-15(6-2)16(11-14(3)20-4)7-8-17-12-21-13-19-18(17)9-10-22-19/h5-7,9-13,20,22H,1,8H2,2-4H3/b14-11+,15-6-,16-7-. The number of fused-ring (bicyclic) bond motifs is 1. The van der Waals surface area contributed by atoms with Crippen LogP contribution in [0.4, 0.5) is 0 Å². The number of rotatable bonds is 6. The molecule has 0 amide bonds. The van der Waals surface area contributed by atoms with Crippen molar-refractivity contribution >= 4 is 10.9 Å². The first-order chi connectivity index (χ1) is 10.7. The molecule has 0 saturated carbocycles. The van der Waals surface area contributed by atoms with Gasteiger partial charge in [0.05, 0.1) is 11.7 Å². The summed E-state index contributed by atoms with van der Waals surface area (Å²) in [5.41, 5.74) is 5.70. The fourth-order valence-electron chi connectivity index (χ4n) is 2.39. The van der Waals surface area contributed by atoms with Crippen LogP contribution in [0.25, 0.3) is 10.9 Å². The molecule has 0 aliphatic rings. The Hall–Kier alpha value is -2.55. The van der Waals surface area contributed by atoms with Gasteiger partial charge < -0.3 is 10.3 Å². The Morgan fingerprint density at radius 1 is 1.36 bits per heavy atom. The van der Waals surface area contributed by atoms with Crippen LogP contribution in [0.1, 0.15) is 19.4 Å². The summed E-state index contributed by atoms with van der Waals surface area (Å²) in [5, 5.41) is 4.39. The van der Waals surface area contributed by atoms with Crippen molar-refractivity contribution in [1.29, 1.82) is 0 Å². The number of allylic oxidation sites excluding steroid dienone is 7. The number of pyridine rings is 1. The van der Waals surface area contributed by atoms with Gasteiger partial charge >= 0.3 is 0 Å². The van der Waals surface area contributed by atoms with Gasteiger partial charge in [-0.3, -0.25) is 4.98 Å². The third-order valence-electron chi connectivity index (χ3n) is 3.73. The number of nitrogens with zero attached hydrogens (tertiary/aromatic N) is 1. The molecule has 0 saturated heterocycles. The Balaban J connectivity index is 2.37. The molecule has 0 aromatic carbocycles. The Kier molecular flexibility index (Phi) is 5.37. The quantitative estimate of drug-likeness (QED) is 0.780. The van der Waals surface area contributed by atoms with Crippen molar-refractivity contribution in [1.82, 2.24) is 15.3 Å². The maximum Gasteiger partial charge on any atom is 0.0643 e. The molecule has 22 heavy (non-hydrogen) atoms. The minimum atomic E-state index is 0.830. The van der Waals surface area contributed by atoms with Crippen molar-refractivity contribution in [2.24, 2.45) is 0 Å². The Morgan fingerprint density at radius 3 is 2.86 bits per heavy atom. The van der Waals surface area contributed by atoms with Crippen LogP contribution in [0.2, 0.25) is 0 Å². The summed E-state index contributed by atoms with van der Waals surface area (Å²) in [6, 6.07) is 2.10. The monoisotopic (exact) mass is 293 g/mol. The highest BCUT2D eigenvalue weighted by atomic mass is 14.8. The maximum atomic E-state index is 4.30. The average Bonchev–Trinajstić information content (AvgIpc) is 3.02. The van der Waals surface area contributed by atoms with Crippen LogP contribution in [0, 0.1) is 0 Å². The van der Waals surface area contributed by atoms with Crippen LogP contribution in [0.5, 0.6) is 0 Å². The predicted molar refractivity (Wildman–Crippen MR) is 94.7 cm³/mol. The molecular weight excluding hydrogens is 270 g/mol. The van der Waals surface area contributed by atoms with E-state index in [9.17, 15) is 0 Å². The lowest BCUT2D eigenvalue weighted by atomic mass is 10.0. The lowest BCUT2D eigenvalue weighted by Gasteiger charge is -2.07. The zero-order valence-corrected chi connectivity index (χ0v) is 13.5. The summed E-state index contributed by atoms with van der Waals surface area (Å²) >= 11 is 0. The van der Waals surface area contributed by atoms with E-state index in [2.05, 4.69) is 53.1 Å². The first kappa shape index (κ1) is 15.8. The summed E-state index contributed by atoms with van der Waals surface area (Å²) in [6.07, 6.45) is 14.9. The minimum Gasteiger partial charge on any atom is -0.392 e. The van der Waals surface area contributed by atoms with E-state index in [0.29, 0.717) is 0 Å². The SMILES string of the molecule is C=CC(=C/C)/C(=C\Cc1cncc2[nH]ccc12)/C=C(\C)NC. The van der Waals surface area contributed by atoms with Gasteiger partial charge in [-0.25, -0.2) is 0 Å². The topological polar surface area (TPSA) is 40.7 Å². The lowest BCUT2D eigenvalue weighted by Crippen LogP contribution is -2.02. The molecule has 0 aliphatic carbocycles. The van der Waals surface area contributed by atoms with Crippen LogP contribution in [0.3, 0.4) is 0 Å². The molecule has 0 bridgehead atoms. The van der Waals surface area contributed by atoms with E-state index in [4.69, 9.17) is 0 Å². The summed E-state index contributed by atoms with van der Waals surface area (Å²) < 4.78 is 0. The van der Waals surface area contributed by atoms with E-state index in [1.807, 2.05) is 38.6 Å². The first-order valence-corrected chi connectivity index (χ1v) is 7.45. The zero-order chi connectivity index (χ0) is 15.9. The molecule has 0 aliphatic heterocycles. The molecule has 114 valence electrons. The predicted octanol–water partition coefficient (Wildman–Crippen LogP) is 4.29. The fraction of sp³-hybridized carbons (Fsp3) is 0.211. The van der Waals surface area contributed by atoms with Crippen LogP contribution in [0.15, 0.2) is 72.4 Å². The molecule has 0 fully saturated rings. The molecule has 0 radical (unpaired) electrons. The Labute approximate surface area is 132 Å².